The summed E-state index contributed by atoms with van der Waals surface area (Å²) in [5.74, 6) is 0.690. The zero-order valence-electron chi connectivity index (χ0n) is 13.7. The molecule has 1 aliphatic heterocycles. The Morgan fingerprint density at radius 2 is 1.80 bits per heavy atom. The third kappa shape index (κ3) is 1.88. The van der Waals surface area contributed by atoms with Crippen LogP contribution < -0.4 is 4.74 Å². The average molecular weight is 332 g/mol. The molecule has 2 aliphatic carbocycles. The van der Waals surface area contributed by atoms with Crippen LogP contribution in [0, 0.1) is 5.92 Å². The number of carbonyl (C=O) groups excluding carboxylic acids is 2. The average Bonchev–Trinajstić information content (AvgIpc) is 3.06. The first-order valence-electron chi connectivity index (χ1n) is 8.45. The van der Waals surface area contributed by atoms with Crippen LogP contribution in [-0.4, -0.2) is 18.7 Å². The Hall–Kier alpha value is -2.88. The third-order valence-electron chi connectivity index (χ3n) is 5.48. The van der Waals surface area contributed by atoms with Gasteiger partial charge in [-0.25, -0.2) is 0 Å². The van der Waals surface area contributed by atoms with Crippen molar-refractivity contribution >= 4 is 11.6 Å². The van der Waals surface area contributed by atoms with Gasteiger partial charge in [0, 0.05) is 17.0 Å². The second-order valence-electron chi connectivity index (χ2n) is 6.69. The first-order valence-corrected chi connectivity index (χ1v) is 8.45. The van der Waals surface area contributed by atoms with E-state index in [1.54, 1.807) is 31.4 Å². The quantitative estimate of drug-likeness (QED) is 0.800. The number of carbonyl (C=O) groups is 2. The zero-order chi connectivity index (χ0) is 17.1. The smallest absolute Gasteiger partial charge is 0.228 e. The van der Waals surface area contributed by atoms with Gasteiger partial charge in [-0.15, -0.1) is 0 Å². The van der Waals surface area contributed by atoms with Gasteiger partial charge in [-0.05, 0) is 36.1 Å². The van der Waals surface area contributed by atoms with Crippen LogP contribution in [0.25, 0.3) is 0 Å². The van der Waals surface area contributed by atoms with E-state index in [9.17, 15) is 9.59 Å². The van der Waals surface area contributed by atoms with Crippen LogP contribution >= 0.6 is 0 Å². The minimum Gasteiger partial charge on any atom is -0.497 e. The molecule has 0 N–H and O–H groups in total. The summed E-state index contributed by atoms with van der Waals surface area (Å²) >= 11 is 0. The van der Waals surface area contributed by atoms with Gasteiger partial charge >= 0.3 is 0 Å². The normalized spacial score (nSPS) is 23.4. The van der Waals surface area contributed by atoms with Crippen molar-refractivity contribution in [3.63, 3.8) is 0 Å². The lowest BCUT2D eigenvalue weighted by Crippen LogP contribution is -2.24. The van der Waals surface area contributed by atoms with Crippen LogP contribution in [0.15, 0.2) is 53.8 Å². The summed E-state index contributed by atoms with van der Waals surface area (Å²) in [4.78, 5) is 25.9. The zero-order valence-corrected chi connectivity index (χ0v) is 13.7. The van der Waals surface area contributed by atoms with E-state index >= 15 is 0 Å². The maximum absolute atomic E-state index is 13.0. The summed E-state index contributed by atoms with van der Waals surface area (Å²) < 4.78 is 11.4. The molecule has 0 amide bonds. The summed E-state index contributed by atoms with van der Waals surface area (Å²) in [7, 11) is 1.63. The number of Topliss-reactive ketones (excluding diaryl/α,β-unsaturated/α-hetero) is 2. The number of ether oxygens (including phenoxy) is 2. The van der Waals surface area contributed by atoms with Crippen LogP contribution in [0.4, 0.5) is 0 Å². The highest BCUT2D eigenvalue weighted by Gasteiger charge is 2.48. The SMILES string of the molecule is COc1ccc2c(c1)[C@H]1OC3=C(C(=O)c4ccccc4C3=O)[C@H]1CC2. The summed E-state index contributed by atoms with van der Waals surface area (Å²) in [5, 5.41) is 0. The highest BCUT2D eigenvalue weighted by molar-refractivity contribution is 6.26. The molecule has 3 aliphatic rings. The van der Waals surface area contributed by atoms with Crippen molar-refractivity contribution in [2.45, 2.75) is 18.9 Å². The molecule has 4 nitrogen and oxygen atoms in total. The van der Waals surface area contributed by atoms with E-state index in [0.717, 1.165) is 24.2 Å². The summed E-state index contributed by atoms with van der Waals surface area (Å²) in [6, 6.07) is 12.9. The molecule has 0 radical (unpaired) electrons. The number of fused-ring (bicyclic) bond motifs is 5. The Balaban J connectivity index is 1.63. The van der Waals surface area contributed by atoms with E-state index in [0.29, 0.717) is 16.7 Å². The minimum atomic E-state index is -0.286. The predicted octanol–water partition coefficient (Wildman–Crippen LogP) is 3.66. The lowest BCUT2D eigenvalue weighted by atomic mass is 9.75. The lowest BCUT2D eigenvalue weighted by molar-refractivity contribution is 0.0750. The lowest BCUT2D eigenvalue weighted by Gasteiger charge is -2.28. The van der Waals surface area contributed by atoms with Crippen LogP contribution in [0.3, 0.4) is 0 Å². The van der Waals surface area contributed by atoms with Gasteiger partial charge < -0.3 is 9.47 Å². The van der Waals surface area contributed by atoms with Crippen molar-refractivity contribution in [1.82, 2.24) is 0 Å². The standard InChI is InChI=1S/C21H16O4/c1-24-12-8-6-11-7-9-15-17-18(22)13-4-2-3-5-14(13)19(23)21(17)25-20(15)16(11)10-12/h2-6,8,10,15,20H,7,9H2,1H3/t15-,20+/m1/s1. The summed E-state index contributed by atoms with van der Waals surface area (Å²) in [6.07, 6.45) is 1.39. The fourth-order valence-corrected chi connectivity index (χ4v) is 4.27. The molecule has 0 aromatic heterocycles. The second kappa shape index (κ2) is 5.06. The van der Waals surface area contributed by atoms with Crippen LogP contribution in [-0.2, 0) is 11.2 Å². The number of allylic oxidation sites excluding steroid dienone is 1. The number of methoxy groups -OCH3 is 1. The van der Waals surface area contributed by atoms with Crippen molar-refractivity contribution < 1.29 is 19.1 Å². The van der Waals surface area contributed by atoms with Gasteiger partial charge in [0.25, 0.3) is 0 Å². The van der Waals surface area contributed by atoms with Crippen molar-refractivity contribution in [3.05, 3.63) is 76.1 Å². The van der Waals surface area contributed by atoms with Gasteiger partial charge in [-0.2, -0.15) is 0 Å². The van der Waals surface area contributed by atoms with Crippen molar-refractivity contribution in [3.8, 4) is 5.75 Å². The molecule has 0 bridgehead atoms. The number of benzene rings is 2. The van der Waals surface area contributed by atoms with Gasteiger partial charge in [0.2, 0.25) is 5.78 Å². The molecule has 0 saturated carbocycles. The highest BCUT2D eigenvalue weighted by atomic mass is 16.5. The molecule has 0 unspecified atom stereocenters. The topological polar surface area (TPSA) is 52.6 Å². The Morgan fingerprint density at radius 3 is 2.56 bits per heavy atom. The molecule has 25 heavy (non-hydrogen) atoms. The molecule has 5 rings (SSSR count). The molecule has 1 heterocycles. The van der Waals surface area contributed by atoms with Crippen molar-refractivity contribution in [1.29, 1.82) is 0 Å². The maximum atomic E-state index is 13.0. The van der Waals surface area contributed by atoms with E-state index < -0.39 is 0 Å². The van der Waals surface area contributed by atoms with Gasteiger partial charge in [0.05, 0.1) is 12.7 Å². The van der Waals surface area contributed by atoms with E-state index in [2.05, 4.69) is 0 Å². The molecule has 2 aromatic carbocycles. The predicted molar refractivity (Wildman–Crippen MR) is 90.8 cm³/mol. The van der Waals surface area contributed by atoms with Gasteiger partial charge in [-0.3, -0.25) is 9.59 Å². The Bertz CT molecular complexity index is 970. The molecule has 2 atom stereocenters. The maximum Gasteiger partial charge on any atom is 0.228 e. The first kappa shape index (κ1) is 14.5. The number of aryl methyl sites for hydroxylation is 1. The fourth-order valence-electron chi connectivity index (χ4n) is 4.27. The number of rotatable bonds is 1. The molecular weight excluding hydrogens is 316 g/mol. The molecule has 0 fully saturated rings. The van der Waals surface area contributed by atoms with Crippen molar-refractivity contribution in [2.75, 3.05) is 7.11 Å². The molecular formula is C21H16O4. The summed E-state index contributed by atoms with van der Waals surface area (Å²) in [6.45, 7) is 0. The Kier molecular flexibility index (Phi) is 2.93. The van der Waals surface area contributed by atoms with Gasteiger partial charge in [-0.1, -0.05) is 30.3 Å². The third-order valence-corrected chi connectivity index (χ3v) is 5.48. The molecule has 2 aromatic rings. The largest absolute Gasteiger partial charge is 0.497 e. The van der Waals surface area contributed by atoms with Gasteiger partial charge in [0.1, 0.15) is 11.9 Å². The minimum absolute atomic E-state index is 0.0657. The van der Waals surface area contributed by atoms with E-state index in [-0.39, 0.29) is 29.3 Å². The Morgan fingerprint density at radius 1 is 1.04 bits per heavy atom. The molecule has 4 heteroatoms. The van der Waals surface area contributed by atoms with Crippen LogP contribution in [0.1, 0.15) is 44.4 Å². The van der Waals surface area contributed by atoms with E-state index in [1.165, 1.54) is 5.56 Å². The van der Waals surface area contributed by atoms with Crippen LogP contribution in [0.5, 0.6) is 5.75 Å². The molecule has 0 spiro atoms. The molecule has 0 saturated heterocycles. The van der Waals surface area contributed by atoms with E-state index in [4.69, 9.17) is 9.47 Å². The monoisotopic (exact) mass is 332 g/mol. The number of hydrogen-bond acceptors (Lipinski definition) is 4. The van der Waals surface area contributed by atoms with Gasteiger partial charge in [0.15, 0.2) is 11.5 Å². The second-order valence-corrected chi connectivity index (χ2v) is 6.69. The van der Waals surface area contributed by atoms with Crippen LogP contribution in [0.2, 0.25) is 0 Å². The summed E-state index contributed by atoms with van der Waals surface area (Å²) in [5.41, 5.74) is 3.71. The molecule has 124 valence electrons. The fraction of sp³-hybridized carbons (Fsp3) is 0.238. The van der Waals surface area contributed by atoms with E-state index in [1.807, 2.05) is 18.2 Å². The number of hydrogen-bond donors (Lipinski definition) is 0. The first-order chi connectivity index (χ1) is 12.2. The highest BCUT2D eigenvalue weighted by Crippen LogP contribution is 2.51. The number of ketones is 2. The Labute approximate surface area is 145 Å². The van der Waals surface area contributed by atoms with Crippen molar-refractivity contribution in [2.24, 2.45) is 5.92 Å².